The van der Waals surface area contributed by atoms with Gasteiger partial charge in [-0.15, -0.1) is 0 Å². The van der Waals surface area contributed by atoms with Crippen LogP contribution in [0.15, 0.2) is 0 Å². The van der Waals surface area contributed by atoms with E-state index >= 15 is 0 Å². The Balaban J connectivity index is 3.64. The van der Waals surface area contributed by atoms with Crippen LogP contribution in [0, 0.1) is 0 Å². The zero-order chi connectivity index (χ0) is 8.91. The summed E-state index contributed by atoms with van der Waals surface area (Å²) in [5.41, 5.74) is 5.34. The molecule has 0 heterocycles. The molecular formula is C6H16NO3P. The fourth-order valence-electron chi connectivity index (χ4n) is 0.581. The van der Waals surface area contributed by atoms with Gasteiger partial charge in [0.1, 0.15) is 0 Å². The second-order valence-corrected chi connectivity index (χ2v) is 4.61. The highest BCUT2D eigenvalue weighted by atomic mass is 31.2. The highest BCUT2D eigenvalue weighted by Gasteiger charge is 2.17. The van der Waals surface area contributed by atoms with E-state index in [1.165, 1.54) is 0 Å². The Hall–Kier alpha value is 0.110. The molecule has 0 aliphatic heterocycles. The molecule has 5 heteroatoms. The molecule has 0 saturated heterocycles. The Bertz CT molecular complexity index is 149. The molecule has 68 valence electrons. The summed E-state index contributed by atoms with van der Waals surface area (Å²) in [5, 5.41) is 0. The minimum atomic E-state index is -3.33. The van der Waals surface area contributed by atoms with Gasteiger partial charge < -0.3 is 15.2 Å². The van der Waals surface area contributed by atoms with E-state index in [-0.39, 0.29) is 18.8 Å². The average molecular weight is 181 g/mol. The largest absolute Gasteiger partial charge is 0.328 e. The Kier molecular flexibility index (Phi) is 4.93. The first-order chi connectivity index (χ1) is 4.98. The Morgan fingerprint density at radius 3 is 2.64 bits per heavy atom. The highest BCUT2D eigenvalue weighted by Crippen LogP contribution is 2.42. The van der Waals surface area contributed by atoms with Gasteiger partial charge in [-0.3, -0.25) is 4.57 Å². The van der Waals surface area contributed by atoms with Gasteiger partial charge in [-0.05, 0) is 13.3 Å². The first kappa shape index (κ1) is 11.1. The van der Waals surface area contributed by atoms with E-state index in [2.05, 4.69) is 0 Å². The third-order valence-electron chi connectivity index (χ3n) is 1.05. The van der Waals surface area contributed by atoms with E-state index in [1.54, 1.807) is 6.92 Å². The van der Waals surface area contributed by atoms with Crippen molar-refractivity contribution in [3.63, 3.8) is 0 Å². The summed E-state index contributed by atoms with van der Waals surface area (Å²) in [6.45, 7) is 3.71. The van der Waals surface area contributed by atoms with Gasteiger partial charge in [0.2, 0.25) is 0 Å². The minimum absolute atomic E-state index is 0.147. The third-order valence-corrected chi connectivity index (χ3v) is 2.61. The van der Waals surface area contributed by atoms with Gasteiger partial charge in [-0.1, -0.05) is 6.92 Å². The molecule has 11 heavy (non-hydrogen) atoms. The highest BCUT2D eigenvalue weighted by molar-refractivity contribution is 7.52. The average Bonchev–Trinajstić information content (AvgIpc) is 1.84. The van der Waals surface area contributed by atoms with Crippen LogP contribution in [0.25, 0.3) is 0 Å². The maximum Gasteiger partial charge on any atom is 0.328 e. The summed E-state index contributed by atoms with van der Waals surface area (Å²) in [4.78, 5) is 9.04. The monoisotopic (exact) mass is 181 g/mol. The molecule has 0 aromatic rings. The molecule has 0 radical (unpaired) electrons. The SMILES string of the molecule is CCCP(=O)(O)OCC(C)N. The lowest BCUT2D eigenvalue weighted by atomic mass is 10.4. The predicted molar refractivity (Wildman–Crippen MR) is 44.6 cm³/mol. The Morgan fingerprint density at radius 2 is 2.27 bits per heavy atom. The van der Waals surface area contributed by atoms with Gasteiger partial charge >= 0.3 is 7.60 Å². The molecule has 4 nitrogen and oxygen atoms in total. The summed E-state index contributed by atoms with van der Waals surface area (Å²) >= 11 is 0. The lowest BCUT2D eigenvalue weighted by molar-refractivity contribution is 0.246. The van der Waals surface area contributed by atoms with E-state index in [4.69, 9.17) is 15.2 Å². The fraction of sp³-hybridized carbons (Fsp3) is 1.00. The van der Waals surface area contributed by atoms with E-state index in [0.717, 1.165) is 0 Å². The molecule has 3 N–H and O–H groups in total. The molecule has 0 amide bonds. The van der Waals surface area contributed by atoms with Crippen LogP contribution in [0.1, 0.15) is 20.3 Å². The van der Waals surface area contributed by atoms with Crippen molar-refractivity contribution in [2.45, 2.75) is 26.3 Å². The van der Waals surface area contributed by atoms with Crippen LogP contribution in [-0.4, -0.2) is 23.7 Å². The van der Waals surface area contributed by atoms with Crippen molar-refractivity contribution in [3.05, 3.63) is 0 Å². The van der Waals surface area contributed by atoms with Crippen LogP contribution in [0.3, 0.4) is 0 Å². The van der Waals surface area contributed by atoms with Crippen LogP contribution in [0.2, 0.25) is 0 Å². The molecule has 0 aliphatic rings. The molecule has 2 unspecified atom stereocenters. The van der Waals surface area contributed by atoms with Crippen LogP contribution in [0.5, 0.6) is 0 Å². The fourth-order valence-corrected chi connectivity index (χ4v) is 1.74. The smallest absolute Gasteiger partial charge is 0.326 e. The molecule has 0 saturated carbocycles. The Morgan fingerprint density at radius 1 is 1.73 bits per heavy atom. The number of hydrogen-bond donors (Lipinski definition) is 2. The van der Waals surface area contributed by atoms with Gasteiger partial charge in [0.25, 0.3) is 0 Å². The second-order valence-electron chi connectivity index (χ2n) is 2.63. The molecular weight excluding hydrogens is 165 g/mol. The van der Waals surface area contributed by atoms with Crippen LogP contribution >= 0.6 is 7.60 Å². The number of nitrogens with two attached hydrogens (primary N) is 1. The summed E-state index contributed by atoms with van der Waals surface area (Å²) in [6, 6.07) is -0.188. The summed E-state index contributed by atoms with van der Waals surface area (Å²) in [6.07, 6.45) is 0.854. The standard InChI is InChI=1S/C6H16NO3P/c1-3-4-11(8,9)10-5-6(2)7/h6H,3-5,7H2,1-2H3,(H,8,9). The first-order valence-electron chi connectivity index (χ1n) is 3.70. The normalized spacial score (nSPS) is 19.3. The molecule has 0 spiro atoms. The number of rotatable bonds is 5. The lowest BCUT2D eigenvalue weighted by Crippen LogP contribution is -2.21. The quantitative estimate of drug-likeness (QED) is 0.619. The molecule has 0 aliphatic carbocycles. The zero-order valence-electron chi connectivity index (χ0n) is 6.99. The van der Waals surface area contributed by atoms with Crippen molar-refractivity contribution in [2.24, 2.45) is 5.73 Å². The van der Waals surface area contributed by atoms with E-state index in [9.17, 15) is 4.57 Å². The predicted octanol–water partition coefficient (Wildman–Crippen LogP) is 0.946. The van der Waals surface area contributed by atoms with Crippen LogP contribution < -0.4 is 5.73 Å². The van der Waals surface area contributed by atoms with E-state index in [0.29, 0.717) is 6.42 Å². The maximum absolute atomic E-state index is 11.0. The zero-order valence-corrected chi connectivity index (χ0v) is 7.88. The van der Waals surface area contributed by atoms with Gasteiger partial charge in [0, 0.05) is 12.2 Å². The molecule has 0 aromatic carbocycles. The molecule has 0 fully saturated rings. The van der Waals surface area contributed by atoms with Gasteiger partial charge in [-0.2, -0.15) is 0 Å². The summed E-state index contributed by atoms with van der Waals surface area (Å²) < 4.78 is 15.7. The van der Waals surface area contributed by atoms with Gasteiger partial charge in [0.15, 0.2) is 0 Å². The summed E-state index contributed by atoms with van der Waals surface area (Å²) in [5.74, 6) is 0. The first-order valence-corrected chi connectivity index (χ1v) is 5.46. The second kappa shape index (κ2) is 4.88. The number of hydrogen-bond acceptors (Lipinski definition) is 3. The van der Waals surface area contributed by atoms with Crippen molar-refractivity contribution in [1.82, 2.24) is 0 Å². The maximum atomic E-state index is 11.0. The van der Waals surface area contributed by atoms with Crippen LogP contribution in [-0.2, 0) is 9.09 Å². The molecule has 0 aromatic heterocycles. The van der Waals surface area contributed by atoms with Crippen molar-refractivity contribution >= 4 is 7.60 Å². The van der Waals surface area contributed by atoms with Crippen molar-refractivity contribution in [3.8, 4) is 0 Å². The van der Waals surface area contributed by atoms with Gasteiger partial charge in [0.05, 0.1) is 6.61 Å². The molecule has 0 bridgehead atoms. The third kappa shape index (κ3) is 6.51. The van der Waals surface area contributed by atoms with E-state index < -0.39 is 7.60 Å². The van der Waals surface area contributed by atoms with Crippen molar-refractivity contribution in [2.75, 3.05) is 12.8 Å². The summed E-state index contributed by atoms with van der Waals surface area (Å²) in [7, 11) is -3.33. The molecule has 2 atom stereocenters. The van der Waals surface area contributed by atoms with Crippen molar-refractivity contribution in [1.29, 1.82) is 0 Å². The molecule has 0 rings (SSSR count). The van der Waals surface area contributed by atoms with Crippen molar-refractivity contribution < 1.29 is 14.0 Å². The van der Waals surface area contributed by atoms with Crippen LogP contribution in [0.4, 0.5) is 0 Å². The minimum Gasteiger partial charge on any atom is -0.326 e. The topological polar surface area (TPSA) is 72.5 Å². The lowest BCUT2D eigenvalue weighted by Gasteiger charge is -2.12. The van der Waals surface area contributed by atoms with E-state index in [1.807, 2.05) is 6.92 Å². The Labute approximate surface area is 67.3 Å². The van der Waals surface area contributed by atoms with Gasteiger partial charge in [-0.25, -0.2) is 0 Å².